The van der Waals surface area contributed by atoms with Crippen molar-refractivity contribution in [1.29, 1.82) is 0 Å². The number of carbonyl (C=O) groups is 2. The highest BCUT2D eigenvalue weighted by atomic mass is 16.5. The summed E-state index contributed by atoms with van der Waals surface area (Å²) in [7, 11) is 1.61. The molecule has 3 rings (SSSR count). The van der Waals surface area contributed by atoms with Gasteiger partial charge in [-0.3, -0.25) is 9.59 Å². The number of hydrogen-bond acceptors (Lipinski definition) is 4. The van der Waals surface area contributed by atoms with Crippen molar-refractivity contribution < 1.29 is 19.1 Å². The smallest absolute Gasteiger partial charge is 0.235 e. The Morgan fingerprint density at radius 3 is 2.14 bits per heavy atom. The molecule has 0 aliphatic heterocycles. The van der Waals surface area contributed by atoms with Crippen molar-refractivity contribution in [1.82, 2.24) is 10.6 Å². The van der Waals surface area contributed by atoms with Crippen LogP contribution in [0.3, 0.4) is 0 Å². The van der Waals surface area contributed by atoms with Gasteiger partial charge in [0.25, 0.3) is 0 Å². The van der Waals surface area contributed by atoms with E-state index in [1.807, 2.05) is 55.5 Å². The molecule has 2 N–H and O–H groups in total. The zero-order valence-corrected chi connectivity index (χ0v) is 16.3. The maximum atomic E-state index is 12.5. The number of nitrogens with one attached hydrogen (secondary N) is 2. The molecule has 1 fully saturated rings. The van der Waals surface area contributed by atoms with Crippen molar-refractivity contribution in [3.05, 3.63) is 59.7 Å². The second-order valence-electron chi connectivity index (χ2n) is 7.03. The van der Waals surface area contributed by atoms with Crippen LogP contribution in [0, 0.1) is 12.3 Å². The van der Waals surface area contributed by atoms with Crippen LogP contribution in [0.5, 0.6) is 11.5 Å². The lowest BCUT2D eigenvalue weighted by atomic mass is 10.0. The van der Waals surface area contributed by atoms with Gasteiger partial charge in [0.15, 0.2) is 0 Å². The Morgan fingerprint density at radius 1 is 0.929 bits per heavy atom. The Kier molecular flexibility index (Phi) is 6.19. The van der Waals surface area contributed by atoms with Gasteiger partial charge in [0.05, 0.1) is 13.7 Å². The lowest BCUT2D eigenvalue weighted by molar-refractivity contribution is -0.137. The summed E-state index contributed by atoms with van der Waals surface area (Å²) in [5.41, 5.74) is 1.26. The summed E-state index contributed by atoms with van der Waals surface area (Å²) in [6.07, 6.45) is 1.16. The van der Waals surface area contributed by atoms with Gasteiger partial charge < -0.3 is 20.1 Å². The molecule has 0 bridgehead atoms. The first kappa shape index (κ1) is 19.7. The van der Waals surface area contributed by atoms with Gasteiger partial charge in [-0.25, -0.2) is 0 Å². The number of carbonyl (C=O) groups excluding carboxylic acids is 2. The van der Waals surface area contributed by atoms with E-state index in [0.29, 0.717) is 38.3 Å². The van der Waals surface area contributed by atoms with Crippen molar-refractivity contribution in [2.45, 2.75) is 26.3 Å². The third kappa shape index (κ3) is 4.82. The molecule has 0 radical (unpaired) electrons. The second-order valence-corrected chi connectivity index (χ2v) is 7.03. The zero-order valence-electron chi connectivity index (χ0n) is 16.3. The summed E-state index contributed by atoms with van der Waals surface area (Å²) in [6, 6.07) is 15.2. The topological polar surface area (TPSA) is 76.7 Å². The molecule has 1 saturated carbocycles. The molecule has 0 spiro atoms. The minimum Gasteiger partial charge on any atom is -0.497 e. The zero-order chi connectivity index (χ0) is 20.0. The van der Waals surface area contributed by atoms with E-state index in [0.717, 1.165) is 11.3 Å². The summed E-state index contributed by atoms with van der Waals surface area (Å²) < 4.78 is 10.7. The molecule has 148 valence electrons. The maximum Gasteiger partial charge on any atom is 0.235 e. The van der Waals surface area contributed by atoms with Gasteiger partial charge in [0.2, 0.25) is 11.8 Å². The molecule has 2 aromatic carbocycles. The quantitative estimate of drug-likeness (QED) is 0.516. The average Bonchev–Trinajstić information content (AvgIpc) is 3.53. The summed E-state index contributed by atoms with van der Waals surface area (Å²) in [5.74, 6) is 1.02. The highest BCUT2D eigenvalue weighted by Crippen LogP contribution is 2.46. The van der Waals surface area contributed by atoms with Gasteiger partial charge in [0.1, 0.15) is 23.5 Å². The second kappa shape index (κ2) is 8.78. The van der Waals surface area contributed by atoms with Crippen LogP contribution in [-0.4, -0.2) is 32.1 Å². The Hall–Kier alpha value is -3.02. The van der Waals surface area contributed by atoms with E-state index in [-0.39, 0.29) is 11.8 Å². The summed E-state index contributed by atoms with van der Waals surface area (Å²) >= 11 is 0. The highest BCUT2D eigenvalue weighted by molar-refractivity contribution is 6.07. The van der Waals surface area contributed by atoms with Crippen LogP contribution < -0.4 is 20.1 Å². The van der Waals surface area contributed by atoms with Gasteiger partial charge in [-0.2, -0.15) is 0 Å². The maximum absolute atomic E-state index is 12.5. The molecule has 0 saturated heterocycles. The molecule has 28 heavy (non-hydrogen) atoms. The van der Waals surface area contributed by atoms with E-state index in [1.54, 1.807) is 7.11 Å². The third-order valence-electron chi connectivity index (χ3n) is 4.91. The highest BCUT2D eigenvalue weighted by Gasteiger charge is 2.56. The molecule has 1 aliphatic carbocycles. The van der Waals surface area contributed by atoms with Gasteiger partial charge in [-0.1, -0.05) is 29.8 Å². The minimum atomic E-state index is -0.926. The predicted octanol–water partition coefficient (Wildman–Crippen LogP) is 2.60. The first-order chi connectivity index (χ1) is 13.5. The van der Waals surface area contributed by atoms with Crippen LogP contribution in [0.25, 0.3) is 0 Å². The monoisotopic (exact) mass is 382 g/mol. The molecular weight excluding hydrogens is 356 g/mol. The first-order valence-electron chi connectivity index (χ1n) is 9.42. The molecule has 6 heteroatoms. The Bertz CT molecular complexity index is 811. The summed E-state index contributed by atoms with van der Waals surface area (Å²) in [4.78, 5) is 25.0. The van der Waals surface area contributed by atoms with Crippen LogP contribution in [0.4, 0.5) is 0 Å². The molecule has 0 atom stereocenters. The molecule has 1 aliphatic rings. The number of benzene rings is 2. The van der Waals surface area contributed by atoms with E-state index in [9.17, 15) is 9.59 Å². The van der Waals surface area contributed by atoms with Gasteiger partial charge in [0, 0.05) is 6.54 Å². The van der Waals surface area contributed by atoms with Crippen LogP contribution in [0.1, 0.15) is 24.0 Å². The number of amides is 2. The SMILES string of the molecule is COc1ccc(OCCNC(=O)C2(C(=O)NCc3ccc(C)cc3)CC2)cc1. The molecule has 2 amide bonds. The normalized spacial score (nSPS) is 14.1. The Balaban J connectivity index is 1.41. The van der Waals surface area contributed by atoms with Crippen molar-refractivity contribution in [2.75, 3.05) is 20.3 Å². The fourth-order valence-corrected chi connectivity index (χ4v) is 2.91. The lowest BCUT2D eigenvalue weighted by Gasteiger charge is -2.16. The molecule has 0 heterocycles. The fourth-order valence-electron chi connectivity index (χ4n) is 2.91. The average molecular weight is 382 g/mol. The molecule has 2 aromatic rings. The van der Waals surface area contributed by atoms with Crippen molar-refractivity contribution >= 4 is 11.8 Å². The first-order valence-corrected chi connectivity index (χ1v) is 9.42. The number of aryl methyl sites for hydroxylation is 1. The number of rotatable bonds is 9. The molecular formula is C22H26N2O4. The number of ether oxygens (including phenoxy) is 2. The predicted molar refractivity (Wildman–Crippen MR) is 106 cm³/mol. The summed E-state index contributed by atoms with van der Waals surface area (Å²) in [5, 5.41) is 5.70. The van der Waals surface area contributed by atoms with E-state index in [1.165, 1.54) is 5.56 Å². The third-order valence-corrected chi connectivity index (χ3v) is 4.91. The minimum absolute atomic E-state index is 0.207. The lowest BCUT2D eigenvalue weighted by Crippen LogP contribution is -2.43. The number of hydrogen-bond donors (Lipinski definition) is 2. The number of methoxy groups -OCH3 is 1. The van der Waals surface area contributed by atoms with E-state index >= 15 is 0 Å². The Morgan fingerprint density at radius 2 is 1.54 bits per heavy atom. The summed E-state index contributed by atoms with van der Waals surface area (Å²) in [6.45, 7) is 3.12. The van der Waals surface area contributed by atoms with E-state index in [4.69, 9.17) is 9.47 Å². The van der Waals surface area contributed by atoms with Crippen LogP contribution in [0.2, 0.25) is 0 Å². The molecule has 0 unspecified atom stereocenters. The fraction of sp³-hybridized carbons (Fsp3) is 0.364. The van der Waals surface area contributed by atoms with Gasteiger partial charge >= 0.3 is 0 Å². The molecule has 0 aromatic heterocycles. The largest absolute Gasteiger partial charge is 0.497 e. The van der Waals surface area contributed by atoms with Crippen molar-refractivity contribution in [2.24, 2.45) is 5.41 Å². The van der Waals surface area contributed by atoms with Crippen molar-refractivity contribution in [3.63, 3.8) is 0 Å². The Labute approximate surface area is 165 Å². The van der Waals surface area contributed by atoms with Gasteiger partial charge in [-0.05, 0) is 49.6 Å². The molecule has 6 nitrogen and oxygen atoms in total. The van der Waals surface area contributed by atoms with Crippen LogP contribution in [-0.2, 0) is 16.1 Å². The van der Waals surface area contributed by atoms with E-state index < -0.39 is 5.41 Å². The van der Waals surface area contributed by atoms with E-state index in [2.05, 4.69) is 10.6 Å². The standard InChI is InChI=1S/C22H26N2O4/c1-16-3-5-17(6-4-16)15-24-21(26)22(11-12-22)20(25)23-13-14-28-19-9-7-18(27-2)8-10-19/h3-10H,11-15H2,1-2H3,(H,23,25)(H,24,26). The van der Waals surface area contributed by atoms with Crippen LogP contribution >= 0.6 is 0 Å². The van der Waals surface area contributed by atoms with Crippen molar-refractivity contribution in [3.8, 4) is 11.5 Å². The van der Waals surface area contributed by atoms with Crippen LogP contribution in [0.15, 0.2) is 48.5 Å². The van der Waals surface area contributed by atoms with Gasteiger partial charge in [-0.15, -0.1) is 0 Å².